The first-order valence-electron chi connectivity index (χ1n) is 6.99. The highest BCUT2D eigenvalue weighted by Gasteiger charge is 2.13. The second-order valence-electron chi connectivity index (χ2n) is 6.14. The van der Waals surface area contributed by atoms with E-state index >= 15 is 0 Å². The molecule has 1 rings (SSSR count). The summed E-state index contributed by atoms with van der Waals surface area (Å²) in [5, 5.41) is 5.86. The highest BCUT2D eigenvalue weighted by Crippen LogP contribution is 2.17. The molecule has 0 aliphatic heterocycles. The zero-order valence-electron chi connectivity index (χ0n) is 12.5. The lowest BCUT2D eigenvalue weighted by Gasteiger charge is -2.20. The summed E-state index contributed by atoms with van der Waals surface area (Å²) in [6.07, 6.45) is 1.02. The van der Waals surface area contributed by atoms with Gasteiger partial charge < -0.3 is 10.6 Å². The van der Waals surface area contributed by atoms with Gasteiger partial charge >= 0.3 is 6.03 Å². The predicted molar refractivity (Wildman–Crippen MR) is 80.3 cm³/mol. The number of urea groups is 1. The number of hydrogen-bond donors (Lipinski definition) is 2. The van der Waals surface area contributed by atoms with Crippen molar-refractivity contribution in [3.63, 3.8) is 0 Å². The number of carbonyl (C=O) groups is 1. The van der Waals surface area contributed by atoms with E-state index in [0.29, 0.717) is 19.0 Å². The van der Waals surface area contributed by atoms with Gasteiger partial charge in [-0.25, -0.2) is 4.79 Å². The summed E-state index contributed by atoms with van der Waals surface area (Å²) in [7, 11) is 0. The Bertz CT molecular complexity index is 381. The van der Waals surface area contributed by atoms with Crippen molar-refractivity contribution in [3.8, 4) is 0 Å². The van der Waals surface area contributed by atoms with Gasteiger partial charge in [-0.15, -0.1) is 0 Å². The second-order valence-corrected chi connectivity index (χ2v) is 6.14. The van der Waals surface area contributed by atoms with Crippen molar-refractivity contribution < 1.29 is 4.79 Å². The third-order valence-electron chi connectivity index (χ3n) is 3.05. The number of rotatable bonds is 5. The Hall–Kier alpha value is -1.51. The van der Waals surface area contributed by atoms with E-state index < -0.39 is 0 Å². The van der Waals surface area contributed by atoms with Crippen LogP contribution in [0.5, 0.6) is 0 Å². The monoisotopic (exact) mass is 262 g/mol. The largest absolute Gasteiger partial charge is 0.338 e. The number of carbonyl (C=O) groups excluding carboxylic acids is 1. The van der Waals surface area contributed by atoms with Crippen molar-refractivity contribution in [2.24, 2.45) is 5.41 Å². The molecule has 0 heterocycles. The zero-order valence-corrected chi connectivity index (χ0v) is 12.5. The smallest absolute Gasteiger partial charge is 0.314 e. The summed E-state index contributed by atoms with van der Waals surface area (Å²) in [4.78, 5) is 11.7. The van der Waals surface area contributed by atoms with Crippen LogP contribution in [0.3, 0.4) is 0 Å². The average Bonchev–Trinajstić information content (AvgIpc) is 2.37. The van der Waals surface area contributed by atoms with Gasteiger partial charge in [0.25, 0.3) is 0 Å². The maximum Gasteiger partial charge on any atom is 0.314 e. The third kappa shape index (κ3) is 6.27. The van der Waals surface area contributed by atoms with Crippen molar-refractivity contribution >= 4 is 6.03 Å². The van der Waals surface area contributed by atoms with Crippen LogP contribution in [-0.2, 0) is 0 Å². The predicted octanol–water partition coefficient (Wildman–Crippen LogP) is 3.53. The first-order valence-corrected chi connectivity index (χ1v) is 6.99. The highest BCUT2D eigenvalue weighted by molar-refractivity contribution is 5.73. The summed E-state index contributed by atoms with van der Waals surface area (Å²) in [6, 6.07) is 10.2. The number of amides is 2. The van der Waals surface area contributed by atoms with Crippen LogP contribution < -0.4 is 10.6 Å². The van der Waals surface area contributed by atoms with Crippen LogP contribution >= 0.6 is 0 Å². The van der Waals surface area contributed by atoms with Gasteiger partial charge in [-0.3, -0.25) is 0 Å². The lowest BCUT2D eigenvalue weighted by molar-refractivity contribution is 0.235. The van der Waals surface area contributed by atoms with Gasteiger partial charge in [0.2, 0.25) is 0 Å². The SMILES string of the molecule is CCC(CNC(=O)NCC(C)(C)C)c1ccccc1. The zero-order chi connectivity index (χ0) is 14.3. The first kappa shape index (κ1) is 15.5. The molecule has 0 fully saturated rings. The van der Waals surface area contributed by atoms with E-state index in [4.69, 9.17) is 0 Å². The van der Waals surface area contributed by atoms with Crippen LogP contribution in [0.15, 0.2) is 30.3 Å². The minimum atomic E-state index is -0.0793. The van der Waals surface area contributed by atoms with Gasteiger partial charge in [0, 0.05) is 19.0 Å². The van der Waals surface area contributed by atoms with E-state index in [-0.39, 0.29) is 11.4 Å². The quantitative estimate of drug-likeness (QED) is 0.837. The first-order chi connectivity index (χ1) is 8.92. The molecule has 2 N–H and O–H groups in total. The van der Waals surface area contributed by atoms with E-state index in [1.807, 2.05) is 18.2 Å². The summed E-state index contributed by atoms with van der Waals surface area (Å²) in [6.45, 7) is 9.81. The van der Waals surface area contributed by atoms with Gasteiger partial charge in [-0.1, -0.05) is 58.0 Å². The lowest BCUT2D eigenvalue weighted by atomic mass is 9.96. The molecule has 0 aliphatic carbocycles. The minimum absolute atomic E-state index is 0.0793. The normalized spacial score (nSPS) is 12.8. The topological polar surface area (TPSA) is 41.1 Å². The van der Waals surface area contributed by atoms with E-state index in [1.54, 1.807) is 0 Å². The standard InChI is InChI=1S/C16H26N2O/c1-5-13(14-9-7-6-8-10-14)11-17-15(19)18-12-16(2,3)4/h6-10,13H,5,11-12H2,1-4H3,(H2,17,18,19). The summed E-state index contributed by atoms with van der Waals surface area (Å²) in [5.41, 5.74) is 1.39. The second kappa shape index (κ2) is 7.17. The molecule has 0 aromatic heterocycles. The molecule has 0 spiro atoms. The molecule has 1 atom stereocenters. The fraction of sp³-hybridized carbons (Fsp3) is 0.562. The van der Waals surface area contributed by atoms with Crippen molar-refractivity contribution in [1.82, 2.24) is 10.6 Å². The molecule has 19 heavy (non-hydrogen) atoms. The van der Waals surface area contributed by atoms with Crippen LogP contribution in [0.4, 0.5) is 4.79 Å². The highest BCUT2D eigenvalue weighted by atomic mass is 16.2. The molecule has 0 radical (unpaired) electrons. The molecule has 1 unspecified atom stereocenters. The Morgan fingerprint density at radius 2 is 1.79 bits per heavy atom. The fourth-order valence-electron chi connectivity index (χ4n) is 1.85. The van der Waals surface area contributed by atoms with Crippen LogP contribution in [0.25, 0.3) is 0 Å². The fourth-order valence-corrected chi connectivity index (χ4v) is 1.85. The molecule has 3 heteroatoms. The number of hydrogen-bond acceptors (Lipinski definition) is 1. The third-order valence-corrected chi connectivity index (χ3v) is 3.05. The molecule has 0 saturated heterocycles. The number of benzene rings is 1. The van der Waals surface area contributed by atoms with E-state index in [1.165, 1.54) is 5.56 Å². The summed E-state index contributed by atoms with van der Waals surface area (Å²) in [5.74, 6) is 0.376. The molecule has 1 aromatic carbocycles. The van der Waals surface area contributed by atoms with E-state index in [9.17, 15) is 4.79 Å². The molecule has 1 aromatic rings. The lowest BCUT2D eigenvalue weighted by Crippen LogP contribution is -2.41. The van der Waals surface area contributed by atoms with Crippen LogP contribution in [-0.4, -0.2) is 19.1 Å². The molecular formula is C16H26N2O. The Morgan fingerprint density at radius 1 is 1.16 bits per heavy atom. The van der Waals surface area contributed by atoms with Crippen molar-refractivity contribution in [3.05, 3.63) is 35.9 Å². The van der Waals surface area contributed by atoms with Gasteiger partial charge in [-0.05, 0) is 17.4 Å². The van der Waals surface area contributed by atoms with E-state index in [2.05, 4.69) is 50.5 Å². The minimum Gasteiger partial charge on any atom is -0.338 e. The Morgan fingerprint density at radius 3 is 2.32 bits per heavy atom. The molecule has 0 saturated carbocycles. The van der Waals surface area contributed by atoms with Gasteiger partial charge in [-0.2, -0.15) is 0 Å². The van der Waals surface area contributed by atoms with Crippen LogP contribution in [0.2, 0.25) is 0 Å². The summed E-state index contributed by atoms with van der Waals surface area (Å²) < 4.78 is 0. The molecule has 3 nitrogen and oxygen atoms in total. The molecule has 2 amide bonds. The van der Waals surface area contributed by atoms with Crippen molar-refractivity contribution in [1.29, 1.82) is 0 Å². The van der Waals surface area contributed by atoms with Crippen LogP contribution in [0.1, 0.15) is 45.6 Å². The number of nitrogens with one attached hydrogen (secondary N) is 2. The molecule has 0 aliphatic rings. The van der Waals surface area contributed by atoms with Gasteiger partial charge in [0.05, 0.1) is 0 Å². The van der Waals surface area contributed by atoms with Gasteiger partial charge in [0.15, 0.2) is 0 Å². The average molecular weight is 262 g/mol. The summed E-state index contributed by atoms with van der Waals surface area (Å²) >= 11 is 0. The van der Waals surface area contributed by atoms with Crippen molar-refractivity contribution in [2.75, 3.05) is 13.1 Å². The van der Waals surface area contributed by atoms with Crippen LogP contribution in [0, 0.1) is 5.41 Å². The van der Waals surface area contributed by atoms with Gasteiger partial charge in [0.1, 0.15) is 0 Å². The Kier molecular flexibility index (Phi) is 5.87. The maximum absolute atomic E-state index is 11.7. The molecule has 106 valence electrons. The molecular weight excluding hydrogens is 236 g/mol. The Labute approximate surface area is 116 Å². The van der Waals surface area contributed by atoms with Crippen molar-refractivity contribution in [2.45, 2.75) is 40.0 Å². The maximum atomic E-state index is 11.7. The Balaban J connectivity index is 2.40. The molecule has 0 bridgehead atoms. The van der Waals surface area contributed by atoms with E-state index in [0.717, 1.165) is 6.42 Å².